The maximum Gasteiger partial charge on any atom is 0.244 e. The number of hydrogen-bond acceptors (Lipinski definition) is 4. The third-order valence-electron chi connectivity index (χ3n) is 2.61. The van der Waals surface area contributed by atoms with E-state index >= 15 is 0 Å². The van der Waals surface area contributed by atoms with Crippen molar-refractivity contribution < 1.29 is 9.15 Å². The van der Waals surface area contributed by atoms with Crippen LogP contribution in [0.2, 0.25) is 0 Å². The molecule has 1 aliphatic rings. The molecule has 1 fully saturated rings. The minimum Gasteiger partial charge on any atom is -0.422 e. The van der Waals surface area contributed by atoms with E-state index < -0.39 is 0 Å². The molecular formula is C9H14N2O2. The van der Waals surface area contributed by atoms with Crippen molar-refractivity contribution in [3.8, 4) is 0 Å². The molecule has 72 valence electrons. The van der Waals surface area contributed by atoms with Gasteiger partial charge in [-0.1, -0.05) is 6.42 Å². The smallest absolute Gasteiger partial charge is 0.244 e. The topological polar surface area (TPSA) is 48.2 Å². The van der Waals surface area contributed by atoms with Gasteiger partial charge >= 0.3 is 0 Å². The lowest BCUT2D eigenvalue weighted by atomic mass is 9.85. The summed E-state index contributed by atoms with van der Waals surface area (Å²) >= 11 is 0. The molecule has 1 saturated carbocycles. The molecule has 0 bridgehead atoms. The molecule has 0 spiro atoms. The number of rotatable bonds is 3. The van der Waals surface area contributed by atoms with Crippen molar-refractivity contribution in [1.29, 1.82) is 0 Å². The summed E-state index contributed by atoms with van der Waals surface area (Å²) in [5.74, 6) is 1.87. The number of hydrogen-bond donors (Lipinski definition) is 0. The predicted molar refractivity (Wildman–Crippen MR) is 46.3 cm³/mol. The average molecular weight is 182 g/mol. The maximum absolute atomic E-state index is 5.49. The molecule has 1 atom stereocenters. The summed E-state index contributed by atoms with van der Waals surface area (Å²) in [6.07, 6.45) is 3.55. The SMILES string of the molecule is CO[C@H](C)c1nnc(C2CCC2)o1. The Morgan fingerprint density at radius 3 is 2.77 bits per heavy atom. The van der Waals surface area contributed by atoms with Crippen LogP contribution in [-0.4, -0.2) is 17.3 Å². The van der Waals surface area contributed by atoms with Crippen molar-refractivity contribution in [2.45, 2.75) is 38.2 Å². The van der Waals surface area contributed by atoms with Crippen molar-refractivity contribution in [3.63, 3.8) is 0 Å². The highest BCUT2D eigenvalue weighted by Gasteiger charge is 2.26. The zero-order chi connectivity index (χ0) is 9.26. The Bertz CT molecular complexity index is 262. The van der Waals surface area contributed by atoms with Gasteiger partial charge in [-0.25, -0.2) is 0 Å². The number of nitrogens with zero attached hydrogens (tertiary/aromatic N) is 2. The molecule has 4 heteroatoms. The lowest BCUT2D eigenvalue weighted by Gasteiger charge is -2.20. The molecule has 0 radical (unpaired) electrons. The molecule has 0 amide bonds. The van der Waals surface area contributed by atoms with Crippen molar-refractivity contribution in [2.75, 3.05) is 7.11 Å². The van der Waals surface area contributed by atoms with E-state index in [0.717, 1.165) is 5.89 Å². The van der Waals surface area contributed by atoms with E-state index in [2.05, 4.69) is 10.2 Å². The van der Waals surface area contributed by atoms with Crippen molar-refractivity contribution >= 4 is 0 Å². The first-order valence-electron chi connectivity index (χ1n) is 4.67. The molecule has 1 aliphatic carbocycles. The van der Waals surface area contributed by atoms with Crippen molar-refractivity contribution in [1.82, 2.24) is 10.2 Å². The van der Waals surface area contributed by atoms with E-state index in [1.165, 1.54) is 19.3 Å². The highest BCUT2D eigenvalue weighted by atomic mass is 16.5. The van der Waals surface area contributed by atoms with Gasteiger partial charge in [0.2, 0.25) is 11.8 Å². The summed E-state index contributed by atoms with van der Waals surface area (Å²) in [4.78, 5) is 0. The minimum atomic E-state index is -0.0960. The fraction of sp³-hybridized carbons (Fsp3) is 0.778. The lowest BCUT2D eigenvalue weighted by Crippen LogP contribution is -2.08. The lowest BCUT2D eigenvalue weighted by molar-refractivity contribution is 0.0923. The molecule has 13 heavy (non-hydrogen) atoms. The third kappa shape index (κ3) is 1.58. The Kier molecular flexibility index (Phi) is 2.31. The molecule has 0 N–H and O–H groups in total. The Hall–Kier alpha value is -0.900. The average Bonchev–Trinajstić information content (AvgIpc) is 2.49. The Morgan fingerprint density at radius 1 is 1.46 bits per heavy atom. The van der Waals surface area contributed by atoms with Crippen molar-refractivity contribution in [2.24, 2.45) is 0 Å². The summed E-state index contributed by atoms with van der Waals surface area (Å²) in [6.45, 7) is 1.90. The van der Waals surface area contributed by atoms with Crippen LogP contribution in [-0.2, 0) is 4.74 Å². The van der Waals surface area contributed by atoms with Crippen LogP contribution >= 0.6 is 0 Å². The number of ether oxygens (including phenoxy) is 1. The van der Waals surface area contributed by atoms with Crippen LogP contribution < -0.4 is 0 Å². The van der Waals surface area contributed by atoms with Crippen LogP contribution in [0.5, 0.6) is 0 Å². The fourth-order valence-corrected chi connectivity index (χ4v) is 1.33. The second-order valence-corrected chi connectivity index (χ2v) is 3.48. The number of aromatic nitrogens is 2. The van der Waals surface area contributed by atoms with Gasteiger partial charge in [0.05, 0.1) is 0 Å². The van der Waals surface area contributed by atoms with Gasteiger partial charge in [-0.2, -0.15) is 0 Å². The molecule has 0 saturated heterocycles. The fourth-order valence-electron chi connectivity index (χ4n) is 1.33. The van der Waals surface area contributed by atoms with Gasteiger partial charge in [-0.3, -0.25) is 0 Å². The monoisotopic (exact) mass is 182 g/mol. The van der Waals surface area contributed by atoms with E-state index in [9.17, 15) is 0 Å². The Balaban J connectivity index is 2.08. The third-order valence-corrected chi connectivity index (χ3v) is 2.61. The van der Waals surface area contributed by atoms with Crippen molar-refractivity contribution in [3.05, 3.63) is 11.8 Å². The van der Waals surface area contributed by atoms with Crippen LogP contribution in [0, 0.1) is 0 Å². The van der Waals surface area contributed by atoms with Gasteiger partial charge < -0.3 is 9.15 Å². The highest BCUT2D eigenvalue weighted by Crippen LogP contribution is 2.35. The molecule has 1 aromatic rings. The molecule has 1 aromatic heterocycles. The summed E-state index contributed by atoms with van der Waals surface area (Å²) in [7, 11) is 1.64. The molecule has 0 unspecified atom stereocenters. The van der Waals surface area contributed by atoms with E-state index in [0.29, 0.717) is 11.8 Å². The summed E-state index contributed by atoms with van der Waals surface area (Å²) in [5, 5.41) is 7.96. The van der Waals surface area contributed by atoms with Crippen LogP contribution in [0.25, 0.3) is 0 Å². The minimum absolute atomic E-state index is 0.0960. The second kappa shape index (κ2) is 3.46. The number of methoxy groups -OCH3 is 1. The molecular weight excluding hydrogens is 168 g/mol. The Labute approximate surface area is 77.3 Å². The molecule has 0 aliphatic heterocycles. The van der Waals surface area contributed by atoms with E-state index in [1.807, 2.05) is 6.92 Å². The second-order valence-electron chi connectivity index (χ2n) is 3.48. The van der Waals surface area contributed by atoms with Gasteiger partial charge in [0, 0.05) is 13.0 Å². The quantitative estimate of drug-likeness (QED) is 0.717. The largest absolute Gasteiger partial charge is 0.422 e. The highest BCUT2D eigenvalue weighted by molar-refractivity contribution is 4.97. The molecule has 1 heterocycles. The van der Waals surface area contributed by atoms with E-state index in [-0.39, 0.29) is 6.10 Å². The van der Waals surface area contributed by atoms with Gasteiger partial charge in [-0.15, -0.1) is 10.2 Å². The van der Waals surface area contributed by atoms with Crippen LogP contribution in [0.1, 0.15) is 50.0 Å². The van der Waals surface area contributed by atoms with Gasteiger partial charge in [-0.05, 0) is 19.8 Å². The summed E-state index contributed by atoms with van der Waals surface area (Å²) < 4.78 is 10.6. The van der Waals surface area contributed by atoms with Gasteiger partial charge in [0.1, 0.15) is 6.10 Å². The van der Waals surface area contributed by atoms with Crippen LogP contribution in [0.15, 0.2) is 4.42 Å². The van der Waals surface area contributed by atoms with E-state index in [4.69, 9.17) is 9.15 Å². The Morgan fingerprint density at radius 2 is 2.23 bits per heavy atom. The maximum atomic E-state index is 5.49. The summed E-state index contributed by atoms with van der Waals surface area (Å²) in [6, 6.07) is 0. The standard InChI is InChI=1S/C9H14N2O2/c1-6(12-2)8-10-11-9(13-8)7-4-3-5-7/h6-7H,3-5H2,1-2H3/t6-/m1/s1. The zero-order valence-corrected chi connectivity index (χ0v) is 7.99. The molecule has 2 rings (SSSR count). The van der Waals surface area contributed by atoms with Crippen LogP contribution in [0.3, 0.4) is 0 Å². The first-order valence-corrected chi connectivity index (χ1v) is 4.67. The summed E-state index contributed by atoms with van der Waals surface area (Å²) in [5.41, 5.74) is 0. The van der Waals surface area contributed by atoms with Gasteiger partial charge in [0.25, 0.3) is 0 Å². The predicted octanol–water partition coefficient (Wildman–Crippen LogP) is 2.04. The molecule has 0 aromatic carbocycles. The van der Waals surface area contributed by atoms with E-state index in [1.54, 1.807) is 7.11 Å². The van der Waals surface area contributed by atoms with Gasteiger partial charge in [0.15, 0.2) is 0 Å². The first kappa shape index (κ1) is 8.69. The molecule has 4 nitrogen and oxygen atoms in total. The zero-order valence-electron chi connectivity index (χ0n) is 7.99. The normalized spacial score (nSPS) is 19.8. The first-order chi connectivity index (χ1) is 6.31. The van der Waals surface area contributed by atoms with Crippen LogP contribution in [0.4, 0.5) is 0 Å².